The molecule has 0 fully saturated rings. The Morgan fingerprint density at radius 2 is 0.797 bits per heavy atom. The molecule has 0 unspecified atom stereocenters. The molecular formula is C51H48N4O4. The molecule has 0 N–H and O–H groups in total. The predicted octanol–water partition coefficient (Wildman–Crippen LogP) is 10.4. The second-order valence-corrected chi connectivity index (χ2v) is 18.1. The van der Waals surface area contributed by atoms with E-state index in [1.807, 2.05) is 92.8 Å². The second kappa shape index (κ2) is 12.4. The van der Waals surface area contributed by atoms with E-state index < -0.39 is 0 Å². The van der Waals surface area contributed by atoms with Crippen LogP contribution in [0.2, 0.25) is 0 Å². The van der Waals surface area contributed by atoms with E-state index in [2.05, 4.69) is 60.0 Å². The summed E-state index contributed by atoms with van der Waals surface area (Å²) < 4.78 is 4.93. The number of fused-ring (bicyclic) bond motifs is 1. The predicted molar refractivity (Wildman–Crippen MR) is 247 cm³/mol. The molecule has 0 atom stereocenters. The minimum Gasteiger partial charge on any atom is -0.377 e. The molecule has 0 aliphatic rings. The Morgan fingerprint density at radius 1 is 0.424 bits per heavy atom. The van der Waals surface area contributed by atoms with Crippen LogP contribution in [-0.2, 0) is 7.05 Å². The number of nitrogens with zero attached hydrogens (tertiary/aromatic N) is 4. The van der Waals surface area contributed by atoms with Crippen LogP contribution in [-0.4, -0.2) is 27.8 Å². The minimum absolute atomic E-state index is 0.0682. The molecule has 296 valence electrons. The fourth-order valence-electron chi connectivity index (χ4n) is 10.5. The standard InChI is InChI=1S/C51H48N4O4/c1-23(2)27-14-12-15-28(24(3)4)46(27)54-48(56)32-19-18-31-41-36(52(9)10)20-33-40-35(51(59)55(49(33)57)47-29(25(5)6)16-13-17-30(47)26(7)8)22-38-44(45(40)41)43-37(53(38)11)21-34(50(54)58)39(32)42(31)43/h12-26H,1-11H3. The normalized spacial score (nSPS) is 12.9. The first kappa shape index (κ1) is 37.0. The monoisotopic (exact) mass is 780 g/mol. The van der Waals surface area contributed by atoms with Gasteiger partial charge < -0.3 is 9.47 Å². The molecule has 0 saturated heterocycles. The average molecular weight is 781 g/mol. The zero-order valence-electron chi connectivity index (χ0n) is 35.6. The Bertz CT molecular complexity index is 3590. The third kappa shape index (κ3) is 4.60. The molecule has 0 aliphatic carbocycles. The lowest BCUT2D eigenvalue weighted by Crippen LogP contribution is -2.34. The number of hydrogen-bond acceptors (Lipinski definition) is 5. The molecule has 0 saturated carbocycles. The smallest absolute Gasteiger partial charge is 0.266 e. The van der Waals surface area contributed by atoms with Gasteiger partial charge in [-0.1, -0.05) is 97.9 Å². The molecule has 0 bridgehead atoms. The lowest BCUT2D eigenvalue weighted by molar-refractivity contribution is 0.792. The summed E-state index contributed by atoms with van der Waals surface area (Å²) in [6.07, 6.45) is 0. The second-order valence-electron chi connectivity index (χ2n) is 18.1. The van der Waals surface area contributed by atoms with E-state index in [4.69, 9.17) is 0 Å². The topological polar surface area (TPSA) is 86.3 Å². The van der Waals surface area contributed by atoms with Crippen LogP contribution >= 0.6 is 0 Å². The van der Waals surface area contributed by atoms with Crippen LogP contribution in [0.25, 0.3) is 87.0 Å². The molecule has 3 heterocycles. The molecule has 10 rings (SSSR count). The summed E-state index contributed by atoms with van der Waals surface area (Å²) in [7, 11) is 5.92. The number of para-hydroxylation sites is 2. The Balaban J connectivity index is 1.45. The van der Waals surface area contributed by atoms with Gasteiger partial charge in [0.1, 0.15) is 0 Å². The van der Waals surface area contributed by atoms with Crippen LogP contribution < -0.4 is 27.1 Å². The van der Waals surface area contributed by atoms with Gasteiger partial charge in [0, 0.05) is 69.9 Å². The minimum atomic E-state index is -0.348. The van der Waals surface area contributed by atoms with Gasteiger partial charge in [-0.2, -0.15) is 0 Å². The lowest BCUT2D eigenvalue weighted by atomic mass is 9.85. The third-order valence-electron chi connectivity index (χ3n) is 13.2. The van der Waals surface area contributed by atoms with Crippen molar-refractivity contribution in [2.75, 3.05) is 19.0 Å². The highest BCUT2D eigenvalue weighted by atomic mass is 16.2. The van der Waals surface area contributed by atoms with E-state index in [-0.39, 0.29) is 45.9 Å². The van der Waals surface area contributed by atoms with Gasteiger partial charge in [0.2, 0.25) is 0 Å². The zero-order valence-corrected chi connectivity index (χ0v) is 35.6. The van der Waals surface area contributed by atoms with E-state index in [0.29, 0.717) is 43.7 Å². The molecule has 59 heavy (non-hydrogen) atoms. The first-order chi connectivity index (χ1) is 28.1. The maximum atomic E-state index is 15.2. The fraction of sp³-hybridized carbons (Fsp3) is 0.294. The van der Waals surface area contributed by atoms with Gasteiger partial charge in [0.25, 0.3) is 22.2 Å². The van der Waals surface area contributed by atoms with E-state index in [1.165, 1.54) is 9.13 Å². The van der Waals surface area contributed by atoms with E-state index in [1.54, 1.807) is 0 Å². The quantitative estimate of drug-likeness (QED) is 0.119. The highest BCUT2D eigenvalue weighted by Crippen LogP contribution is 2.51. The van der Waals surface area contributed by atoms with Crippen molar-refractivity contribution in [3.8, 4) is 11.4 Å². The van der Waals surface area contributed by atoms with Gasteiger partial charge in [0.15, 0.2) is 0 Å². The Labute approximate surface area is 340 Å². The van der Waals surface area contributed by atoms with Crippen molar-refractivity contribution in [2.45, 2.75) is 79.1 Å². The maximum Gasteiger partial charge on any atom is 0.266 e. The Morgan fingerprint density at radius 3 is 1.22 bits per heavy atom. The van der Waals surface area contributed by atoms with Gasteiger partial charge >= 0.3 is 0 Å². The number of anilines is 1. The van der Waals surface area contributed by atoms with Gasteiger partial charge in [-0.25, -0.2) is 9.13 Å². The molecule has 10 aromatic rings. The molecule has 0 amide bonds. The summed E-state index contributed by atoms with van der Waals surface area (Å²) in [5.41, 5.74) is 6.24. The highest BCUT2D eigenvalue weighted by Gasteiger charge is 2.31. The van der Waals surface area contributed by atoms with Crippen molar-refractivity contribution in [3.05, 3.63) is 130 Å². The van der Waals surface area contributed by atoms with E-state index in [9.17, 15) is 4.79 Å². The number of aryl methyl sites for hydroxylation is 1. The van der Waals surface area contributed by atoms with Crippen LogP contribution in [0.15, 0.2) is 85.9 Å². The number of hydrogen-bond donors (Lipinski definition) is 0. The molecule has 8 nitrogen and oxygen atoms in total. The van der Waals surface area contributed by atoms with Crippen molar-refractivity contribution < 1.29 is 0 Å². The number of benzene rings is 7. The summed E-state index contributed by atoms with van der Waals surface area (Å²) in [6.45, 7) is 16.7. The number of aromatic nitrogens is 3. The highest BCUT2D eigenvalue weighted by molar-refractivity contribution is 6.47. The van der Waals surface area contributed by atoms with Gasteiger partial charge in [-0.15, -0.1) is 0 Å². The summed E-state index contributed by atoms with van der Waals surface area (Å²) in [4.78, 5) is 62.5. The summed E-state index contributed by atoms with van der Waals surface area (Å²) in [5, 5.41) is 8.51. The van der Waals surface area contributed by atoms with Crippen LogP contribution in [0.1, 0.15) is 101 Å². The summed E-state index contributed by atoms with van der Waals surface area (Å²) in [6, 6.07) is 21.8. The van der Waals surface area contributed by atoms with Crippen LogP contribution in [0.3, 0.4) is 0 Å². The molecular weight excluding hydrogens is 733 g/mol. The summed E-state index contributed by atoms with van der Waals surface area (Å²) in [5.74, 6) is 0.286. The number of pyridine rings is 2. The average Bonchev–Trinajstić information content (AvgIpc) is 3.48. The molecule has 8 heteroatoms. The van der Waals surface area contributed by atoms with Crippen molar-refractivity contribution in [1.29, 1.82) is 0 Å². The zero-order chi connectivity index (χ0) is 41.8. The largest absolute Gasteiger partial charge is 0.377 e. The van der Waals surface area contributed by atoms with Crippen LogP contribution in [0, 0.1) is 0 Å². The first-order valence-corrected chi connectivity index (χ1v) is 20.8. The third-order valence-corrected chi connectivity index (χ3v) is 13.2. The Hall–Kier alpha value is -6.28. The van der Waals surface area contributed by atoms with Crippen molar-refractivity contribution >= 4 is 81.4 Å². The maximum absolute atomic E-state index is 15.2. The van der Waals surface area contributed by atoms with Crippen LogP contribution in [0.4, 0.5) is 5.69 Å². The van der Waals surface area contributed by atoms with Gasteiger partial charge in [-0.3, -0.25) is 19.2 Å². The number of rotatable bonds is 7. The van der Waals surface area contributed by atoms with Crippen LogP contribution in [0.5, 0.6) is 0 Å². The van der Waals surface area contributed by atoms with Gasteiger partial charge in [-0.05, 0) is 75.6 Å². The fourth-order valence-corrected chi connectivity index (χ4v) is 10.5. The molecule has 0 radical (unpaired) electrons. The first-order valence-electron chi connectivity index (χ1n) is 20.8. The molecule has 0 aliphatic heterocycles. The van der Waals surface area contributed by atoms with Crippen molar-refractivity contribution in [2.24, 2.45) is 7.05 Å². The molecule has 3 aromatic heterocycles. The Kier molecular flexibility index (Phi) is 7.76. The molecule has 0 spiro atoms. The van der Waals surface area contributed by atoms with Crippen molar-refractivity contribution in [3.63, 3.8) is 0 Å². The summed E-state index contributed by atoms with van der Waals surface area (Å²) >= 11 is 0. The van der Waals surface area contributed by atoms with E-state index >= 15 is 14.4 Å². The van der Waals surface area contributed by atoms with Gasteiger partial charge in [0.05, 0.1) is 38.6 Å². The SMILES string of the molecule is CC(C)c1cccc(C(C)C)c1-n1c(=O)c2ccc3c4c(N(C)C)cc5c(=O)n(-c6c(C(C)C)cccc6C(C)C)c(=O)c6cc7c(c4c56)c4c3c2c(cc4n7C)c1=O. The lowest BCUT2D eigenvalue weighted by Gasteiger charge is -2.24. The molecule has 7 aromatic carbocycles. The van der Waals surface area contributed by atoms with E-state index in [0.717, 1.165) is 71.3 Å². The van der Waals surface area contributed by atoms with Crippen molar-refractivity contribution in [1.82, 2.24) is 13.7 Å².